The van der Waals surface area contributed by atoms with Gasteiger partial charge in [0.05, 0.1) is 7.11 Å². The third kappa shape index (κ3) is 8.84. The van der Waals surface area contributed by atoms with E-state index in [-0.39, 0.29) is 23.3 Å². The number of ether oxygens (including phenoxy) is 2. The van der Waals surface area contributed by atoms with Crippen LogP contribution in [0.4, 0.5) is 13.9 Å². The summed E-state index contributed by atoms with van der Waals surface area (Å²) < 4.78 is 45.3. The van der Waals surface area contributed by atoms with E-state index in [0.717, 1.165) is 16.7 Å². The normalized spacial score (nSPS) is 16.7. The standard InChI is InChI=1S/C42H35ClF2N6O6S2/c1-55-32-21-19-27(20-22-32)25-56-38(54)35-28(12-11-23-43)26-58-37-34(36(53)51(35)37)47-33(52)24-46-57-42(44,45)39-48-40(59-50-39)49-41(29-13-5-2-6-14-29,30-15-7-3-8-16-30)31-17-9-4-10-18-31/h2-22,24,34,37H,23,25-26H2,1H3,(H,47,52)(H,48,49,50)/b12-11-,46-24-/t34-,37+/m1/s1. The van der Waals surface area contributed by atoms with Gasteiger partial charge in [-0.25, -0.2) is 4.79 Å². The SMILES string of the molecule is COc1ccc(COC(=O)C2=C(/C=C\CCl)CS[C@H]3[C@H](NC(=O)/C=N\OC(F)(F)c4nsc(NC(c5ccccc5)(c5ccccc5)c5ccccc5)n4)C(=O)N23)cc1. The van der Waals surface area contributed by atoms with Crippen LogP contribution in [0.1, 0.15) is 28.1 Å². The van der Waals surface area contributed by atoms with E-state index in [1.54, 1.807) is 36.4 Å². The molecule has 2 aliphatic rings. The van der Waals surface area contributed by atoms with Crippen LogP contribution in [0.5, 0.6) is 5.75 Å². The summed E-state index contributed by atoms with van der Waals surface area (Å²) in [7, 11) is 1.54. The van der Waals surface area contributed by atoms with Crippen LogP contribution < -0.4 is 15.4 Å². The number of allylic oxidation sites excluding steroid dienone is 2. The maximum atomic E-state index is 15.3. The van der Waals surface area contributed by atoms with Gasteiger partial charge in [0.2, 0.25) is 5.13 Å². The third-order valence-electron chi connectivity index (χ3n) is 9.36. The summed E-state index contributed by atoms with van der Waals surface area (Å²) in [5.74, 6) is -2.19. The first-order chi connectivity index (χ1) is 28.6. The van der Waals surface area contributed by atoms with Gasteiger partial charge in [-0.15, -0.1) is 23.4 Å². The summed E-state index contributed by atoms with van der Waals surface area (Å²) >= 11 is 7.84. The molecule has 1 fully saturated rings. The fourth-order valence-corrected chi connectivity index (χ4v) is 8.65. The smallest absolute Gasteiger partial charge is 0.483 e. The molecule has 5 aromatic rings. The van der Waals surface area contributed by atoms with Crippen molar-refractivity contribution in [3.8, 4) is 5.75 Å². The number of hydrogen-bond acceptors (Lipinski definition) is 12. The minimum Gasteiger partial charge on any atom is -0.497 e. The zero-order valence-electron chi connectivity index (χ0n) is 31.2. The van der Waals surface area contributed by atoms with E-state index >= 15 is 8.78 Å². The van der Waals surface area contributed by atoms with Crippen molar-refractivity contribution in [2.75, 3.05) is 24.1 Å². The van der Waals surface area contributed by atoms with Gasteiger partial charge in [0.25, 0.3) is 17.6 Å². The van der Waals surface area contributed by atoms with Gasteiger partial charge in [0.15, 0.2) is 0 Å². The van der Waals surface area contributed by atoms with Crippen LogP contribution in [0.25, 0.3) is 0 Å². The maximum absolute atomic E-state index is 15.3. The molecule has 2 aliphatic heterocycles. The number of β-lactam (4-membered cyclic amide) rings is 1. The number of amides is 2. The maximum Gasteiger partial charge on any atom is 0.483 e. The van der Waals surface area contributed by atoms with Crippen LogP contribution in [0.2, 0.25) is 0 Å². The van der Waals surface area contributed by atoms with Crippen molar-refractivity contribution in [2.45, 2.75) is 29.7 Å². The Hall–Kier alpha value is -6.10. The Bertz CT molecular complexity index is 2270. The highest BCUT2D eigenvalue weighted by molar-refractivity contribution is 8.00. The first-order valence-electron chi connectivity index (χ1n) is 18.0. The monoisotopic (exact) mass is 856 g/mol. The summed E-state index contributed by atoms with van der Waals surface area (Å²) in [6.45, 7) is -0.0655. The van der Waals surface area contributed by atoms with E-state index in [0.29, 0.717) is 40.4 Å². The summed E-state index contributed by atoms with van der Waals surface area (Å²) in [6, 6.07) is 34.4. The number of aromatic nitrogens is 2. The molecule has 0 spiro atoms. The number of nitrogens with zero attached hydrogens (tertiary/aromatic N) is 4. The summed E-state index contributed by atoms with van der Waals surface area (Å²) in [5, 5.41) is 8.44. The number of benzene rings is 4. The Balaban J connectivity index is 1.01. The lowest BCUT2D eigenvalue weighted by atomic mass is 9.77. The van der Waals surface area contributed by atoms with Crippen molar-refractivity contribution in [3.63, 3.8) is 0 Å². The molecule has 0 unspecified atom stereocenters. The predicted molar refractivity (Wildman–Crippen MR) is 221 cm³/mol. The van der Waals surface area contributed by atoms with Gasteiger partial charge in [-0.3, -0.25) is 14.5 Å². The fourth-order valence-electron chi connectivity index (χ4n) is 6.59. The molecule has 1 aromatic heterocycles. The summed E-state index contributed by atoms with van der Waals surface area (Å²) in [5.41, 5.74) is 2.67. The van der Waals surface area contributed by atoms with Gasteiger partial charge < -0.3 is 24.9 Å². The first-order valence-corrected chi connectivity index (χ1v) is 20.4. The van der Waals surface area contributed by atoms with Crippen LogP contribution in [-0.4, -0.2) is 68.4 Å². The lowest BCUT2D eigenvalue weighted by molar-refractivity contribution is -0.253. The largest absolute Gasteiger partial charge is 0.497 e. The molecule has 302 valence electrons. The molecule has 1 saturated heterocycles. The number of carbonyl (C=O) groups excluding carboxylic acids is 3. The van der Waals surface area contributed by atoms with Crippen molar-refractivity contribution in [1.29, 1.82) is 0 Å². The minimum absolute atomic E-state index is 0.0222. The van der Waals surface area contributed by atoms with Crippen LogP contribution in [-0.2, 0) is 42.2 Å². The number of thioether (sulfide) groups is 1. The zero-order chi connectivity index (χ0) is 41.4. The van der Waals surface area contributed by atoms with E-state index in [4.69, 9.17) is 21.1 Å². The molecule has 0 aliphatic carbocycles. The molecular formula is C42H35ClF2N6O6S2. The van der Waals surface area contributed by atoms with Crippen molar-refractivity contribution in [1.82, 2.24) is 19.6 Å². The summed E-state index contributed by atoms with van der Waals surface area (Å²) in [4.78, 5) is 49.4. The molecule has 4 aromatic carbocycles. The number of hydrogen-bond donors (Lipinski definition) is 2. The highest BCUT2D eigenvalue weighted by Crippen LogP contribution is 2.42. The second kappa shape index (κ2) is 18.2. The van der Waals surface area contributed by atoms with E-state index in [1.807, 2.05) is 91.0 Å². The topological polar surface area (TPSA) is 144 Å². The Labute approximate surface area is 351 Å². The van der Waals surface area contributed by atoms with Gasteiger partial charge in [-0.1, -0.05) is 120 Å². The van der Waals surface area contributed by atoms with Crippen LogP contribution >= 0.6 is 34.9 Å². The molecular weight excluding hydrogens is 822 g/mol. The molecule has 0 radical (unpaired) electrons. The van der Waals surface area contributed by atoms with Gasteiger partial charge in [0, 0.05) is 23.2 Å². The average molecular weight is 857 g/mol. The molecule has 7 rings (SSSR count). The number of carbonyl (C=O) groups is 3. The van der Waals surface area contributed by atoms with E-state index in [2.05, 4.69) is 30.0 Å². The Morgan fingerprint density at radius 1 is 0.949 bits per heavy atom. The molecule has 17 heteroatoms. The van der Waals surface area contributed by atoms with Crippen molar-refractivity contribution in [2.24, 2.45) is 5.16 Å². The molecule has 2 amide bonds. The predicted octanol–water partition coefficient (Wildman–Crippen LogP) is 7.19. The molecule has 0 bridgehead atoms. The quantitative estimate of drug-likeness (QED) is 0.0261. The minimum atomic E-state index is -4.14. The lowest BCUT2D eigenvalue weighted by Crippen LogP contribution is -2.70. The van der Waals surface area contributed by atoms with Crippen LogP contribution in [0.15, 0.2) is 144 Å². The Morgan fingerprint density at radius 3 is 2.14 bits per heavy atom. The number of fused-ring (bicyclic) bond motifs is 1. The zero-order valence-corrected chi connectivity index (χ0v) is 33.6. The molecule has 3 heterocycles. The number of alkyl halides is 3. The Kier molecular flexibility index (Phi) is 12.7. The second-order valence-corrected chi connectivity index (χ2v) is 15.2. The van der Waals surface area contributed by atoms with E-state index in [9.17, 15) is 14.4 Å². The third-order valence-corrected chi connectivity index (χ3v) is 11.5. The van der Waals surface area contributed by atoms with Gasteiger partial charge >= 0.3 is 12.1 Å². The van der Waals surface area contributed by atoms with Gasteiger partial charge in [0.1, 0.15) is 41.2 Å². The molecule has 2 atom stereocenters. The summed E-state index contributed by atoms with van der Waals surface area (Å²) in [6.07, 6.45) is -0.367. The molecule has 12 nitrogen and oxygen atoms in total. The first kappa shape index (κ1) is 41.1. The van der Waals surface area contributed by atoms with Crippen molar-refractivity contribution in [3.05, 3.63) is 167 Å². The molecule has 2 N–H and O–H groups in total. The van der Waals surface area contributed by atoms with E-state index < -0.39 is 46.7 Å². The lowest BCUT2D eigenvalue weighted by Gasteiger charge is -2.49. The number of nitrogens with one attached hydrogen (secondary N) is 2. The number of anilines is 1. The Morgan fingerprint density at radius 2 is 1.56 bits per heavy atom. The molecule has 0 saturated carbocycles. The average Bonchev–Trinajstić information content (AvgIpc) is 3.76. The second-order valence-electron chi connectivity index (χ2n) is 13.0. The number of esters is 1. The van der Waals surface area contributed by atoms with Gasteiger partial charge in [-0.2, -0.15) is 18.1 Å². The number of methoxy groups -OCH3 is 1. The van der Waals surface area contributed by atoms with Crippen LogP contribution in [0.3, 0.4) is 0 Å². The number of oxime groups is 1. The number of halogens is 3. The van der Waals surface area contributed by atoms with Crippen molar-refractivity contribution >= 4 is 64.0 Å². The van der Waals surface area contributed by atoms with Crippen molar-refractivity contribution < 1.29 is 37.5 Å². The highest BCUT2D eigenvalue weighted by atomic mass is 35.5. The molecule has 59 heavy (non-hydrogen) atoms. The fraction of sp³-hybridized carbons (Fsp3) is 0.190. The highest BCUT2D eigenvalue weighted by Gasteiger charge is 2.54. The van der Waals surface area contributed by atoms with Crippen LogP contribution in [0, 0.1) is 0 Å². The van der Waals surface area contributed by atoms with E-state index in [1.165, 1.54) is 23.8 Å². The number of rotatable bonds is 16. The van der Waals surface area contributed by atoms with Gasteiger partial charge in [-0.05, 0) is 40.0 Å².